The van der Waals surface area contributed by atoms with Gasteiger partial charge in [-0.15, -0.1) is 0 Å². The number of aromatic nitrogens is 1. The largest absolute Gasteiger partial charge is 0.507 e. The molecule has 1 fully saturated rings. The molecule has 0 aliphatic carbocycles. The maximum Gasteiger partial charge on any atom is 0.295 e. The zero-order chi connectivity index (χ0) is 19.6. The van der Waals surface area contributed by atoms with Gasteiger partial charge in [-0.05, 0) is 50.5 Å². The van der Waals surface area contributed by atoms with Gasteiger partial charge in [0.15, 0.2) is 0 Å². The molecular weight excluding hydrogens is 366 g/mol. The Hall–Kier alpha value is -2.70. The van der Waals surface area contributed by atoms with Crippen molar-refractivity contribution in [1.82, 2.24) is 14.8 Å². The van der Waals surface area contributed by atoms with Crippen LogP contribution in [0.4, 0.5) is 0 Å². The molecule has 7 heteroatoms. The van der Waals surface area contributed by atoms with E-state index in [0.29, 0.717) is 29.4 Å². The van der Waals surface area contributed by atoms with Crippen LogP contribution in [-0.2, 0) is 9.59 Å². The molecule has 1 aliphatic rings. The topological polar surface area (TPSA) is 73.7 Å². The summed E-state index contributed by atoms with van der Waals surface area (Å²) in [6.45, 7) is 0.924. The van der Waals surface area contributed by atoms with Gasteiger partial charge >= 0.3 is 0 Å². The van der Waals surface area contributed by atoms with E-state index in [1.807, 2.05) is 19.0 Å². The van der Waals surface area contributed by atoms with Crippen LogP contribution in [0.5, 0.6) is 0 Å². The number of halogens is 1. The monoisotopic (exact) mass is 385 g/mol. The number of benzene rings is 1. The van der Waals surface area contributed by atoms with Crippen molar-refractivity contribution in [3.8, 4) is 0 Å². The van der Waals surface area contributed by atoms with Crippen molar-refractivity contribution in [2.45, 2.75) is 6.04 Å². The Balaban J connectivity index is 2.12. The fourth-order valence-corrected chi connectivity index (χ4v) is 3.15. The minimum Gasteiger partial charge on any atom is -0.507 e. The van der Waals surface area contributed by atoms with Gasteiger partial charge in [0.2, 0.25) is 0 Å². The van der Waals surface area contributed by atoms with E-state index in [1.54, 1.807) is 48.7 Å². The fourth-order valence-electron chi connectivity index (χ4n) is 3.03. The number of aliphatic hydroxyl groups is 1. The van der Waals surface area contributed by atoms with Crippen molar-refractivity contribution in [2.24, 2.45) is 0 Å². The van der Waals surface area contributed by atoms with Crippen LogP contribution in [0.3, 0.4) is 0 Å². The summed E-state index contributed by atoms with van der Waals surface area (Å²) in [6, 6.07) is 11.0. The van der Waals surface area contributed by atoms with Crippen molar-refractivity contribution >= 4 is 29.1 Å². The lowest BCUT2D eigenvalue weighted by atomic mass is 9.98. The van der Waals surface area contributed by atoms with Crippen LogP contribution in [0.25, 0.3) is 5.76 Å². The fraction of sp³-hybridized carbons (Fsp3) is 0.250. The van der Waals surface area contributed by atoms with Crippen LogP contribution in [0, 0.1) is 0 Å². The van der Waals surface area contributed by atoms with Crippen LogP contribution in [0.2, 0.25) is 5.02 Å². The molecule has 3 rings (SSSR count). The third kappa shape index (κ3) is 3.86. The number of Topliss-reactive ketones (excluding diaryl/α,β-unsaturated/α-hetero) is 1. The third-order valence-corrected chi connectivity index (χ3v) is 4.67. The molecule has 6 nitrogen and oxygen atoms in total. The van der Waals surface area contributed by atoms with Gasteiger partial charge < -0.3 is 14.9 Å². The molecule has 1 atom stereocenters. The standard InChI is InChI=1S/C20H20ClN3O3/c1-23(2)11-12-24-17(15-5-3-4-10-22-15)16(19(26)20(24)27)18(25)13-6-8-14(21)9-7-13/h3-10,17,25H,11-12H2,1-2H3/t17-/m0/s1. The van der Waals surface area contributed by atoms with Gasteiger partial charge in [-0.25, -0.2) is 0 Å². The van der Waals surface area contributed by atoms with Gasteiger partial charge in [0.25, 0.3) is 11.7 Å². The number of rotatable bonds is 5. The van der Waals surface area contributed by atoms with E-state index in [0.717, 1.165) is 0 Å². The second-order valence-corrected chi connectivity index (χ2v) is 6.99. The molecule has 0 bridgehead atoms. The van der Waals surface area contributed by atoms with Crippen LogP contribution in [-0.4, -0.2) is 58.8 Å². The van der Waals surface area contributed by atoms with Crippen molar-refractivity contribution < 1.29 is 14.7 Å². The first-order valence-corrected chi connectivity index (χ1v) is 8.88. The summed E-state index contributed by atoms with van der Waals surface area (Å²) in [5, 5.41) is 11.3. The van der Waals surface area contributed by atoms with Gasteiger partial charge in [0, 0.05) is 29.9 Å². The normalized spacial score (nSPS) is 19.1. The number of amides is 1. The Labute approximate surface area is 162 Å². The van der Waals surface area contributed by atoms with Crippen molar-refractivity contribution in [3.05, 3.63) is 70.5 Å². The number of nitrogens with zero attached hydrogens (tertiary/aromatic N) is 3. The van der Waals surface area contributed by atoms with E-state index in [2.05, 4.69) is 4.98 Å². The number of carbonyl (C=O) groups excluding carboxylic acids is 2. The number of likely N-dealkylation sites (tertiary alicyclic amines) is 1. The Kier molecular flexibility index (Phi) is 5.58. The second kappa shape index (κ2) is 7.90. The van der Waals surface area contributed by atoms with E-state index in [9.17, 15) is 14.7 Å². The predicted molar refractivity (Wildman–Crippen MR) is 103 cm³/mol. The lowest BCUT2D eigenvalue weighted by Crippen LogP contribution is -2.35. The highest BCUT2D eigenvalue weighted by atomic mass is 35.5. The molecule has 140 valence electrons. The highest BCUT2D eigenvalue weighted by molar-refractivity contribution is 6.46. The number of likely N-dealkylation sites (N-methyl/N-ethyl adjacent to an activating group) is 1. The molecule has 27 heavy (non-hydrogen) atoms. The first-order chi connectivity index (χ1) is 12.9. The molecule has 1 aromatic heterocycles. The Morgan fingerprint density at radius 2 is 1.89 bits per heavy atom. The van der Waals surface area contributed by atoms with E-state index in [4.69, 9.17) is 11.6 Å². The van der Waals surface area contributed by atoms with Gasteiger partial charge in [0.1, 0.15) is 11.8 Å². The zero-order valence-corrected chi connectivity index (χ0v) is 15.8. The molecule has 0 unspecified atom stereocenters. The Morgan fingerprint density at radius 3 is 2.48 bits per heavy atom. The van der Waals surface area contributed by atoms with Gasteiger partial charge in [-0.2, -0.15) is 0 Å². The minimum absolute atomic E-state index is 0.0415. The van der Waals surface area contributed by atoms with Crippen molar-refractivity contribution in [3.63, 3.8) is 0 Å². The average Bonchev–Trinajstić information content (AvgIpc) is 2.91. The number of pyridine rings is 1. The number of hydrogen-bond acceptors (Lipinski definition) is 5. The van der Waals surface area contributed by atoms with Crippen LogP contribution < -0.4 is 0 Å². The predicted octanol–water partition coefficient (Wildman–Crippen LogP) is 2.72. The summed E-state index contributed by atoms with van der Waals surface area (Å²) in [7, 11) is 3.78. The molecule has 2 heterocycles. The smallest absolute Gasteiger partial charge is 0.295 e. The van der Waals surface area contributed by atoms with Gasteiger partial charge in [-0.3, -0.25) is 14.6 Å². The van der Waals surface area contributed by atoms with E-state index >= 15 is 0 Å². The number of aliphatic hydroxyl groups excluding tert-OH is 1. The zero-order valence-electron chi connectivity index (χ0n) is 15.1. The van der Waals surface area contributed by atoms with Gasteiger partial charge in [0.05, 0.1) is 11.3 Å². The van der Waals surface area contributed by atoms with E-state index in [1.165, 1.54) is 4.90 Å². The third-order valence-electron chi connectivity index (χ3n) is 4.41. The highest BCUT2D eigenvalue weighted by Crippen LogP contribution is 2.38. The summed E-state index contributed by atoms with van der Waals surface area (Å²) in [5.74, 6) is -1.58. The Morgan fingerprint density at radius 1 is 1.19 bits per heavy atom. The van der Waals surface area contributed by atoms with Crippen molar-refractivity contribution in [2.75, 3.05) is 27.2 Å². The minimum atomic E-state index is -0.734. The molecule has 1 aliphatic heterocycles. The van der Waals surface area contributed by atoms with Gasteiger partial charge in [-0.1, -0.05) is 17.7 Å². The highest BCUT2D eigenvalue weighted by Gasteiger charge is 2.46. The number of hydrogen-bond donors (Lipinski definition) is 1. The molecule has 2 aromatic rings. The summed E-state index contributed by atoms with van der Waals surface area (Å²) in [6.07, 6.45) is 1.60. The average molecular weight is 386 g/mol. The molecule has 0 spiro atoms. The molecule has 1 saturated heterocycles. The number of carbonyl (C=O) groups is 2. The quantitative estimate of drug-likeness (QED) is 0.486. The summed E-state index contributed by atoms with van der Waals surface area (Å²) < 4.78 is 0. The van der Waals surface area contributed by atoms with Crippen LogP contribution in [0.15, 0.2) is 54.2 Å². The molecule has 1 N–H and O–H groups in total. The first-order valence-electron chi connectivity index (χ1n) is 8.50. The Bertz CT molecular complexity index is 879. The van der Waals surface area contributed by atoms with Crippen LogP contribution in [0.1, 0.15) is 17.3 Å². The van der Waals surface area contributed by atoms with Crippen LogP contribution >= 0.6 is 11.6 Å². The summed E-state index contributed by atoms with van der Waals surface area (Å²) in [4.78, 5) is 33.1. The molecule has 1 aromatic carbocycles. The maximum atomic E-state index is 12.7. The maximum absolute atomic E-state index is 12.7. The first kappa shape index (κ1) is 19.1. The molecule has 0 radical (unpaired) electrons. The van der Waals surface area contributed by atoms with E-state index < -0.39 is 17.7 Å². The molecular formula is C20H20ClN3O3. The SMILES string of the molecule is CN(C)CCN1C(=O)C(=O)C(=C(O)c2ccc(Cl)cc2)[C@@H]1c1ccccn1. The number of ketones is 1. The second-order valence-electron chi connectivity index (χ2n) is 6.56. The molecule has 1 amide bonds. The summed E-state index contributed by atoms with van der Waals surface area (Å²) in [5.41, 5.74) is 0.997. The summed E-state index contributed by atoms with van der Waals surface area (Å²) >= 11 is 5.90. The molecule has 0 saturated carbocycles. The van der Waals surface area contributed by atoms with E-state index in [-0.39, 0.29) is 11.3 Å². The lowest BCUT2D eigenvalue weighted by molar-refractivity contribution is -0.140. The lowest BCUT2D eigenvalue weighted by Gasteiger charge is -2.25. The van der Waals surface area contributed by atoms with Crippen molar-refractivity contribution in [1.29, 1.82) is 0 Å².